The summed E-state index contributed by atoms with van der Waals surface area (Å²) in [5.74, 6) is 0.781. The molecule has 2 nitrogen and oxygen atoms in total. The quantitative estimate of drug-likeness (QED) is 0.870. The van der Waals surface area contributed by atoms with Crippen LogP contribution in [0.4, 0.5) is 0 Å². The first kappa shape index (κ1) is 13.1. The van der Waals surface area contributed by atoms with Crippen LogP contribution in [0.1, 0.15) is 44.7 Å². The lowest BCUT2D eigenvalue weighted by molar-refractivity contribution is -0.119. The van der Waals surface area contributed by atoms with E-state index < -0.39 is 0 Å². The third-order valence-electron chi connectivity index (χ3n) is 4.10. The van der Waals surface area contributed by atoms with Crippen molar-refractivity contribution < 1.29 is 4.79 Å². The maximum Gasteiger partial charge on any atom is 0.221 e. The van der Waals surface area contributed by atoms with Crippen LogP contribution >= 0.6 is 0 Å². The highest BCUT2D eigenvalue weighted by Crippen LogP contribution is 2.39. The molecule has 0 aromatic heterocycles. The predicted octanol–water partition coefficient (Wildman–Crippen LogP) is 3.19. The Balaban J connectivity index is 2.38. The van der Waals surface area contributed by atoms with E-state index in [1.165, 1.54) is 11.1 Å². The van der Waals surface area contributed by atoms with Crippen molar-refractivity contribution in [2.45, 2.75) is 52.0 Å². The van der Waals surface area contributed by atoms with Gasteiger partial charge < -0.3 is 5.32 Å². The van der Waals surface area contributed by atoms with Crippen LogP contribution in [-0.4, -0.2) is 11.9 Å². The first-order valence-corrected chi connectivity index (χ1v) is 6.79. The lowest BCUT2D eigenvalue weighted by atomic mass is 9.72. The highest BCUT2D eigenvalue weighted by Gasteiger charge is 2.44. The summed E-state index contributed by atoms with van der Waals surface area (Å²) < 4.78 is 0. The van der Waals surface area contributed by atoms with Gasteiger partial charge in [-0.2, -0.15) is 0 Å². The minimum absolute atomic E-state index is 0.0628. The number of amides is 1. The summed E-state index contributed by atoms with van der Waals surface area (Å²) in [4.78, 5) is 11.8. The van der Waals surface area contributed by atoms with Crippen LogP contribution in [0.5, 0.6) is 0 Å². The van der Waals surface area contributed by atoms with Gasteiger partial charge in [0.1, 0.15) is 0 Å². The van der Waals surface area contributed by atoms with Crippen molar-refractivity contribution in [3.63, 3.8) is 0 Å². The molecule has 98 valence electrons. The Bertz CT molecular complexity index is 452. The Morgan fingerprint density at radius 3 is 2.67 bits per heavy atom. The second-order valence-corrected chi connectivity index (χ2v) is 6.16. The van der Waals surface area contributed by atoms with Gasteiger partial charge in [0.25, 0.3) is 0 Å². The van der Waals surface area contributed by atoms with E-state index in [0.717, 1.165) is 6.42 Å². The van der Waals surface area contributed by atoms with Crippen LogP contribution in [0, 0.1) is 12.8 Å². The fourth-order valence-corrected chi connectivity index (χ4v) is 3.15. The molecule has 0 radical (unpaired) electrons. The molecule has 1 saturated heterocycles. The Hall–Kier alpha value is -1.31. The van der Waals surface area contributed by atoms with Crippen LogP contribution in [0.3, 0.4) is 0 Å². The monoisotopic (exact) mass is 245 g/mol. The minimum atomic E-state index is -0.0628. The highest BCUT2D eigenvalue weighted by atomic mass is 16.2. The number of carbonyl (C=O) groups excluding carboxylic acids is 1. The van der Waals surface area contributed by atoms with Gasteiger partial charge in [0, 0.05) is 17.9 Å². The summed E-state index contributed by atoms with van der Waals surface area (Å²) >= 11 is 0. The summed E-state index contributed by atoms with van der Waals surface area (Å²) in [6.45, 7) is 8.78. The molecule has 2 heteroatoms. The van der Waals surface area contributed by atoms with E-state index in [1.807, 2.05) is 0 Å². The lowest BCUT2D eigenvalue weighted by Gasteiger charge is -2.33. The van der Waals surface area contributed by atoms with E-state index in [4.69, 9.17) is 0 Å². The van der Waals surface area contributed by atoms with Crippen LogP contribution in [0.25, 0.3) is 0 Å². The van der Waals surface area contributed by atoms with Gasteiger partial charge in [-0.15, -0.1) is 0 Å². The molecule has 1 aliphatic rings. The SMILES string of the molecule is Cc1ccccc1C1(C)CC(=O)NC1CC(C)C. The highest BCUT2D eigenvalue weighted by molar-refractivity contribution is 5.81. The van der Waals surface area contributed by atoms with Crippen molar-refractivity contribution in [3.8, 4) is 0 Å². The Kier molecular flexibility index (Phi) is 3.47. The standard InChI is InChI=1S/C16H23NO/c1-11(2)9-14-16(4,10-15(18)17-14)13-8-6-5-7-12(13)3/h5-8,11,14H,9-10H2,1-4H3,(H,17,18). The fraction of sp³-hybridized carbons (Fsp3) is 0.562. The molecule has 1 N–H and O–H groups in total. The molecule has 1 aromatic rings. The van der Waals surface area contributed by atoms with E-state index in [0.29, 0.717) is 12.3 Å². The van der Waals surface area contributed by atoms with Gasteiger partial charge >= 0.3 is 0 Å². The van der Waals surface area contributed by atoms with Gasteiger partial charge in [0.15, 0.2) is 0 Å². The topological polar surface area (TPSA) is 29.1 Å². The molecule has 1 heterocycles. The fourth-order valence-electron chi connectivity index (χ4n) is 3.15. The number of hydrogen-bond donors (Lipinski definition) is 1. The summed E-state index contributed by atoms with van der Waals surface area (Å²) in [7, 11) is 0. The number of hydrogen-bond acceptors (Lipinski definition) is 1. The largest absolute Gasteiger partial charge is 0.352 e. The van der Waals surface area contributed by atoms with E-state index in [-0.39, 0.29) is 17.4 Å². The van der Waals surface area contributed by atoms with E-state index >= 15 is 0 Å². The predicted molar refractivity (Wildman–Crippen MR) is 74.5 cm³/mol. The molecule has 18 heavy (non-hydrogen) atoms. The molecule has 0 bridgehead atoms. The summed E-state index contributed by atoms with van der Waals surface area (Å²) in [6, 6.07) is 8.69. The van der Waals surface area contributed by atoms with Gasteiger partial charge in [-0.3, -0.25) is 4.79 Å². The third-order valence-corrected chi connectivity index (χ3v) is 4.10. The van der Waals surface area contributed by atoms with Gasteiger partial charge in [0.2, 0.25) is 5.91 Å². The summed E-state index contributed by atoms with van der Waals surface area (Å²) in [6.07, 6.45) is 1.64. The van der Waals surface area contributed by atoms with Crippen molar-refractivity contribution in [1.29, 1.82) is 0 Å². The molecule has 2 unspecified atom stereocenters. The number of benzene rings is 1. The van der Waals surface area contributed by atoms with Crippen molar-refractivity contribution in [3.05, 3.63) is 35.4 Å². The van der Waals surface area contributed by atoms with E-state index in [2.05, 4.69) is 57.3 Å². The molecular weight excluding hydrogens is 222 g/mol. The molecule has 1 fully saturated rings. The smallest absolute Gasteiger partial charge is 0.221 e. The first-order valence-electron chi connectivity index (χ1n) is 6.79. The summed E-state index contributed by atoms with van der Waals surface area (Å²) in [5.41, 5.74) is 2.53. The molecule has 1 aliphatic heterocycles. The van der Waals surface area contributed by atoms with E-state index in [9.17, 15) is 4.79 Å². The van der Waals surface area contributed by atoms with Crippen molar-refractivity contribution in [2.75, 3.05) is 0 Å². The molecule has 2 rings (SSSR count). The van der Waals surface area contributed by atoms with Gasteiger partial charge in [-0.25, -0.2) is 0 Å². The zero-order valence-electron chi connectivity index (χ0n) is 11.8. The Labute approximate surface area is 110 Å². The number of nitrogens with one attached hydrogen (secondary N) is 1. The number of carbonyl (C=O) groups is 1. The summed E-state index contributed by atoms with van der Waals surface area (Å²) in [5, 5.41) is 3.16. The van der Waals surface area contributed by atoms with Gasteiger partial charge in [-0.1, -0.05) is 45.0 Å². The number of aryl methyl sites for hydroxylation is 1. The normalized spacial score (nSPS) is 27.6. The Morgan fingerprint density at radius 1 is 1.39 bits per heavy atom. The first-order chi connectivity index (χ1) is 8.43. The molecule has 2 atom stereocenters. The van der Waals surface area contributed by atoms with Crippen LogP contribution < -0.4 is 5.32 Å². The number of rotatable bonds is 3. The maximum atomic E-state index is 11.8. The third kappa shape index (κ3) is 2.29. The molecule has 1 aromatic carbocycles. The molecule has 1 amide bonds. The van der Waals surface area contributed by atoms with Crippen LogP contribution in [0.15, 0.2) is 24.3 Å². The lowest BCUT2D eigenvalue weighted by Crippen LogP contribution is -2.39. The van der Waals surface area contributed by atoms with E-state index in [1.54, 1.807) is 0 Å². The van der Waals surface area contributed by atoms with Gasteiger partial charge in [0.05, 0.1) is 0 Å². The zero-order chi connectivity index (χ0) is 13.3. The molecule has 0 spiro atoms. The van der Waals surface area contributed by atoms with Crippen LogP contribution in [-0.2, 0) is 10.2 Å². The Morgan fingerprint density at radius 2 is 2.06 bits per heavy atom. The second-order valence-electron chi connectivity index (χ2n) is 6.16. The minimum Gasteiger partial charge on any atom is -0.352 e. The molecule has 0 saturated carbocycles. The maximum absolute atomic E-state index is 11.8. The second kappa shape index (κ2) is 4.75. The average Bonchev–Trinajstić information content (AvgIpc) is 2.54. The van der Waals surface area contributed by atoms with Crippen molar-refractivity contribution in [1.82, 2.24) is 5.32 Å². The average molecular weight is 245 g/mol. The van der Waals surface area contributed by atoms with Crippen LogP contribution in [0.2, 0.25) is 0 Å². The van der Waals surface area contributed by atoms with Crippen molar-refractivity contribution in [2.24, 2.45) is 5.92 Å². The zero-order valence-corrected chi connectivity index (χ0v) is 11.8. The molecular formula is C16H23NO. The molecule has 0 aliphatic carbocycles. The van der Waals surface area contributed by atoms with Gasteiger partial charge in [-0.05, 0) is 30.4 Å². The van der Waals surface area contributed by atoms with Crippen molar-refractivity contribution >= 4 is 5.91 Å².